The minimum absolute atomic E-state index is 0.0990. The Morgan fingerprint density at radius 2 is 2.00 bits per heavy atom. The Morgan fingerprint density at radius 3 is 2.60 bits per heavy atom. The summed E-state index contributed by atoms with van der Waals surface area (Å²) in [6, 6.07) is 10.6. The summed E-state index contributed by atoms with van der Waals surface area (Å²) in [6.45, 7) is 0. The molecule has 6 heteroatoms. The number of nitriles is 1. The zero-order valence-corrected chi connectivity index (χ0v) is 12.3. The fraction of sp³-hybridized carbons (Fsp3) is 0. The Hall–Kier alpha value is -1.84. The lowest BCUT2D eigenvalue weighted by atomic mass is 10.2. The zero-order chi connectivity index (χ0) is 14.7. The van der Waals surface area contributed by atoms with Crippen LogP contribution in [0.5, 0.6) is 0 Å². The molecule has 100 valence electrons. The number of carboxylic acids is 1. The zero-order valence-electron chi connectivity index (χ0n) is 9.93. The van der Waals surface area contributed by atoms with Gasteiger partial charge in [-0.25, -0.2) is 9.18 Å². The fourth-order valence-corrected chi connectivity index (χ4v) is 3.02. The first kappa shape index (κ1) is 14.6. The number of carbonyl (C=O) groups is 1. The Morgan fingerprint density at radius 1 is 1.25 bits per heavy atom. The van der Waals surface area contributed by atoms with Gasteiger partial charge in [-0.15, -0.1) is 0 Å². The van der Waals surface area contributed by atoms with Crippen molar-refractivity contribution in [2.24, 2.45) is 0 Å². The summed E-state index contributed by atoms with van der Waals surface area (Å²) < 4.78 is 14.5. The van der Waals surface area contributed by atoms with Crippen LogP contribution in [0.1, 0.15) is 15.9 Å². The summed E-state index contributed by atoms with van der Waals surface area (Å²) in [5.41, 5.74) is 0.321. The summed E-state index contributed by atoms with van der Waals surface area (Å²) >= 11 is 4.26. The van der Waals surface area contributed by atoms with Crippen LogP contribution in [0.3, 0.4) is 0 Å². The van der Waals surface area contributed by atoms with Crippen LogP contribution in [-0.4, -0.2) is 11.1 Å². The van der Waals surface area contributed by atoms with Crippen LogP contribution >= 0.6 is 27.7 Å². The smallest absolute Gasteiger partial charge is 0.336 e. The van der Waals surface area contributed by atoms with Crippen molar-refractivity contribution >= 4 is 33.7 Å². The van der Waals surface area contributed by atoms with Crippen LogP contribution in [0.2, 0.25) is 0 Å². The number of benzene rings is 2. The van der Waals surface area contributed by atoms with Gasteiger partial charge in [0, 0.05) is 14.3 Å². The van der Waals surface area contributed by atoms with Gasteiger partial charge in [-0.1, -0.05) is 27.7 Å². The number of aromatic carboxylic acids is 1. The van der Waals surface area contributed by atoms with Crippen LogP contribution in [0.4, 0.5) is 4.39 Å². The lowest BCUT2D eigenvalue weighted by Crippen LogP contribution is -1.98. The Balaban J connectivity index is 2.42. The molecule has 0 aliphatic rings. The second-order valence-corrected chi connectivity index (χ2v) is 5.80. The number of hydrogen-bond donors (Lipinski definition) is 1. The van der Waals surface area contributed by atoms with Crippen molar-refractivity contribution in [3.8, 4) is 6.07 Å². The Bertz CT molecular complexity index is 728. The summed E-state index contributed by atoms with van der Waals surface area (Å²) in [7, 11) is 0. The van der Waals surface area contributed by atoms with Crippen LogP contribution in [0.25, 0.3) is 0 Å². The van der Waals surface area contributed by atoms with Gasteiger partial charge in [0.05, 0.1) is 17.2 Å². The third-order valence-corrected chi connectivity index (χ3v) is 4.06. The molecule has 0 unspecified atom stereocenters. The molecule has 2 aromatic carbocycles. The summed E-state index contributed by atoms with van der Waals surface area (Å²) in [4.78, 5) is 11.8. The minimum Gasteiger partial charge on any atom is -0.478 e. The van der Waals surface area contributed by atoms with Gasteiger partial charge in [-0.05, 0) is 36.4 Å². The average molecular weight is 352 g/mol. The largest absolute Gasteiger partial charge is 0.478 e. The van der Waals surface area contributed by atoms with E-state index in [0.717, 1.165) is 17.8 Å². The van der Waals surface area contributed by atoms with Crippen molar-refractivity contribution in [2.75, 3.05) is 0 Å². The predicted molar refractivity (Wildman–Crippen MR) is 76.3 cm³/mol. The lowest BCUT2D eigenvalue weighted by molar-refractivity contribution is 0.0693. The highest BCUT2D eigenvalue weighted by Gasteiger charge is 2.14. The molecule has 0 fully saturated rings. The maximum atomic E-state index is 13.8. The van der Waals surface area contributed by atoms with Gasteiger partial charge >= 0.3 is 5.97 Å². The van der Waals surface area contributed by atoms with Crippen molar-refractivity contribution in [1.82, 2.24) is 0 Å². The molecule has 3 nitrogen and oxygen atoms in total. The number of carboxylic acid groups (broad SMARTS) is 1. The van der Waals surface area contributed by atoms with Crippen LogP contribution < -0.4 is 0 Å². The predicted octanol–water partition coefficient (Wildman–Crippen LogP) is 4.31. The van der Waals surface area contributed by atoms with Gasteiger partial charge in [0.25, 0.3) is 0 Å². The first-order valence-electron chi connectivity index (χ1n) is 5.41. The molecule has 0 aliphatic carbocycles. The van der Waals surface area contributed by atoms with Gasteiger partial charge in [0.1, 0.15) is 5.82 Å². The second-order valence-electron chi connectivity index (χ2n) is 3.80. The van der Waals surface area contributed by atoms with Crippen molar-refractivity contribution in [2.45, 2.75) is 9.79 Å². The fourth-order valence-electron chi connectivity index (χ4n) is 1.53. The van der Waals surface area contributed by atoms with Crippen molar-refractivity contribution in [3.63, 3.8) is 0 Å². The van der Waals surface area contributed by atoms with Crippen molar-refractivity contribution < 1.29 is 14.3 Å². The van der Waals surface area contributed by atoms with E-state index in [1.54, 1.807) is 12.1 Å². The monoisotopic (exact) mass is 351 g/mol. The number of hydrogen-bond acceptors (Lipinski definition) is 3. The summed E-state index contributed by atoms with van der Waals surface area (Å²) in [6.07, 6.45) is 0. The molecule has 0 saturated carbocycles. The van der Waals surface area contributed by atoms with E-state index in [1.165, 1.54) is 18.2 Å². The molecule has 0 heterocycles. The van der Waals surface area contributed by atoms with Gasteiger partial charge in [0.15, 0.2) is 0 Å². The number of halogens is 2. The molecule has 0 radical (unpaired) electrons. The minimum atomic E-state index is -1.07. The lowest BCUT2D eigenvalue weighted by Gasteiger charge is -2.07. The van der Waals surface area contributed by atoms with Crippen molar-refractivity contribution in [1.29, 1.82) is 5.26 Å². The van der Waals surface area contributed by atoms with E-state index in [1.807, 2.05) is 6.07 Å². The van der Waals surface area contributed by atoms with Gasteiger partial charge in [-0.3, -0.25) is 0 Å². The molecule has 0 bridgehead atoms. The standard InChI is InChI=1S/C14H7BrFNO2S/c15-9-2-3-10(14(18)19)13(6-9)20-12-4-1-8(7-17)5-11(12)16/h1-6H,(H,18,19). The van der Waals surface area contributed by atoms with Gasteiger partial charge < -0.3 is 5.11 Å². The van der Waals surface area contributed by atoms with Gasteiger partial charge in [0.2, 0.25) is 0 Å². The van der Waals surface area contributed by atoms with E-state index in [2.05, 4.69) is 15.9 Å². The van der Waals surface area contributed by atoms with E-state index < -0.39 is 11.8 Å². The first-order chi connectivity index (χ1) is 9.51. The summed E-state index contributed by atoms with van der Waals surface area (Å²) in [5, 5.41) is 17.8. The molecule has 0 saturated heterocycles. The quantitative estimate of drug-likeness (QED) is 0.894. The highest BCUT2D eigenvalue weighted by Crippen LogP contribution is 2.34. The van der Waals surface area contributed by atoms with E-state index in [0.29, 0.717) is 9.37 Å². The third-order valence-electron chi connectivity index (χ3n) is 2.45. The molecule has 20 heavy (non-hydrogen) atoms. The van der Waals surface area contributed by atoms with E-state index in [9.17, 15) is 9.18 Å². The maximum Gasteiger partial charge on any atom is 0.336 e. The topological polar surface area (TPSA) is 61.1 Å². The van der Waals surface area contributed by atoms with Gasteiger partial charge in [-0.2, -0.15) is 5.26 Å². The third kappa shape index (κ3) is 3.18. The molecule has 0 atom stereocenters. The van der Waals surface area contributed by atoms with Crippen molar-refractivity contribution in [3.05, 3.63) is 57.8 Å². The summed E-state index contributed by atoms with van der Waals surface area (Å²) in [5.74, 6) is -1.63. The van der Waals surface area contributed by atoms with Crippen LogP contribution in [-0.2, 0) is 0 Å². The highest BCUT2D eigenvalue weighted by molar-refractivity contribution is 9.10. The molecule has 0 aliphatic heterocycles. The second kappa shape index (κ2) is 6.07. The molecule has 1 N–H and O–H groups in total. The van der Waals surface area contributed by atoms with Crippen LogP contribution in [0, 0.1) is 17.1 Å². The first-order valence-corrected chi connectivity index (χ1v) is 7.02. The maximum absolute atomic E-state index is 13.8. The average Bonchev–Trinajstić information content (AvgIpc) is 2.40. The highest BCUT2D eigenvalue weighted by atomic mass is 79.9. The Labute approximate surface area is 127 Å². The Kier molecular flexibility index (Phi) is 4.42. The van der Waals surface area contributed by atoms with E-state index >= 15 is 0 Å². The van der Waals surface area contributed by atoms with Crippen LogP contribution in [0.15, 0.2) is 50.7 Å². The van der Waals surface area contributed by atoms with E-state index in [-0.39, 0.29) is 16.0 Å². The molecular formula is C14H7BrFNO2S. The molecule has 0 spiro atoms. The normalized spacial score (nSPS) is 10.1. The van der Waals surface area contributed by atoms with E-state index in [4.69, 9.17) is 10.4 Å². The molecule has 0 amide bonds. The molecule has 0 aromatic heterocycles. The molecule has 2 aromatic rings. The SMILES string of the molecule is N#Cc1ccc(Sc2cc(Br)ccc2C(=O)O)c(F)c1. The number of nitrogens with zero attached hydrogens (tertiary/aromatic N) is 1. The molecule has 2 rings (SSSR count). The molecular weight excluding hydrogens is 345 g/mol. The number of rotatable bonds is 3.